The molecular weight excluding hydrogens is 190 g/mol. The van der Waals surface area contributed by atoms with Crippen molar-refractivity contribution in [2.75, 3.05) is 19.8 Å². The molecule has 0 aliphatic carbocycles. The van der Waals surface area contributed by atoms with Crippen LogP contribution in [0.25, 0.3) is 0 Å². The summed E-state index contributed by atoms with van der Waals surface area (Å²) in [7, 11) is 0. The van der Waals surface area contributed by atoms with Crippen LogP contribution < -0.4 is 5.32 Å². The molecule has 0 aromatic carbocycles. The second-order valence-electron chi connectivity index (χ2n) is 4.44. The minimum Gasteiger partial charge on any atom is -0.467 e. The first-order valence-corrected chi connectivity index (χ1v) is 5.82. The van der Waals surface area contributed by atoms with Gasteiger partial charge in [0.1, 0.15) is 5.76 Å². The van der Waals surface area contributed by atoms with Crippen molar-refractivity contribution in [2.24, 2.45) is 5.92 Å². The van der Waals surface area contributed by atoms with Crippen molar-refractivity contribution in [3.05, 3.63) is 23.7 Å². The third kappa shape index (κ3) is 1.70. The van der Waals surface area contributed by atoms with E-state index >= 15 is 0 Å². The van der Waals surface area contributed by atoms with Gasteiger partial charge in [-0.1, -0.05) is 0 Å². The van der Waals surface area contributed by atoms with Crippen molar-refractivity contribution < 1.29 is 9.15 Å². The van der Waals surface area contributed by atoms with E-state index in [0.717, 1.165) is 39.0 Å². The molecule has 0 spiro atoms. The topological polar surface area (TPSA) is 34.4 Å². The monoisotopic (exact) mass is 207 g/mol. The van der Waals surface area contributed by atoms with Crippen LogP contribution in [0.5, 0.6) is 0 Å². The molecule has 1 atom stereocenters. The molecule has 3 heterocycles. The van der Waals surface area contributed by atoms with E-state index in [-0.39, 0.29) is 0 Å². The van der Waals surface area contributed by atoms with Crippen LogP contribution in [0.3, 0.4) is 0 Å². The number of hydrogen-bond acceptors (Lipinski definition) is 3. The number of hydrogen-bond donors (Lipinski definition) is 1. The van der Waals surface area contributed by atoms with Gasteiger partial charge in [-0.05, 0) is 43.4 Å². The van der Waals surface area contributed by atoms with E-state index < -0.39 is 0 Å². The van der Waals surface area contributed by atoms with E-state index in [4.69, 9.17) is 9.15 Å². The molecule has 2 aliphatic rings. The minimum absolute atomic E-state index is 0.424. The highest BCUT2D eigenvalue weighted by molar-refractivity contribution is 5.24. The van der Waals surface area contributed by atoms with Gasteiger partial charge in [0.25, 0.3) is 0 Å². The Morgan fingerprint density at radius 1 is 1.27 bits per heavy atom. The molecule has 0 bridgehead atoms. The summed E-state index contributed by atoms with van der Waals surface area (Å²) in [5.74, 6) is 1.86. The normalized spacial score (nSPS) is 27.6. The van der Waals surface area contributed by atoms with Crippen molar-refractivity contribution >= 4 is 0 Å². The molecule has 82 valence electrons. The zero-order chi connectivity index (χ0) is 10.1. The second kappa shape index (κ2) is 3.99. The molecule has 1 aromatic heterocycles. The van der Waals surface area contributed by atoms with Crippen LogP contribution in [-0.2, 0) is 11.2 Å². The maximum absolute atomic E-state index is 5.62. The highest BCUT2D eigenvalue weighted by Crippen LogP contribution is 2.34. The van der Waals surface area contributed by atoms with Crippen molar-refractivity contribution in [3.8, 4) is 0 Å². The standard InChI is InChI=1S/C12H17NO2/c1-5-13-11(9-2-6-14-7-3-9)12-10(1)4-8-15-12/h4,8-9,11,13H,1-3,5-7H2. The van der Waals surface area contributed by atoms with Crippen molar-refractivity contribution in [3.63, 3.8) is 0 Å². The zero-order valence-electron chi connectivity index (χ0n) is 8.87. The van der Waals surface area contributed by atoms with E-state index in [2.05, 4.69) is 11.4 Å². The Labute approximate surface area is 89.8 Å². The van der Waals surface area contributed by atoms with Crippen molar-refractivity contribution in [1.82, 2.24) is 5.32 Å². The Balaban J connectivity index is 1.82. The van der Waals surface area contributed by atoms with Crippen LogP contribution in [-0.4, -0.2) is 19.8 Å². The molecule has 1 N–H and O–H groups in total. The first-order chi connectivity index (χ1) is 7.45. The predicted octanol–water partition coefficient (Wildman–Crippen LogP) is 1.89. The van der Waals surface area contributed by atoms with E-state index in [9.17, 15) is 0 Å². The van der Waals surface area contributed by atoms with Crippen LogP contribution >= 0.6 is 0 Å². The SMILES string of the molecule is c1cc2c(o1)C(C1CCOCC1)NCC2. The van der Waals surface area contributed by atoms with Gasteiger partial charge in [0.15, 0.2) is 0 Å². The van der Waals surface area contributed by atoms with Gasteiger partial charge in [0, 0.05) is 13.2 Å². The summed E-state index contributed by atoms with van der Waals surface area (Å²) >= 11 is 0. The van der Waals surface area contributed by atoms with Gasteiger partial charge in [-0.3, -0.25) is 0 Å². The second-order valence-corrected chi connectivity index (χ2v) is 4.44. The molecule has 1 aromatic rings. The number of furan rings is 1. The highest BCUT2D eigenvalue weighted by atomic mass is 16.5. The van der Waals surface area contributed by atoms with Gasteiger partial charge < -0.3 is 14.5 Å². The van der Waals surface area contributed by atoms with Gasteiger partial charge in [-0.2, -0.15) is 0 Å². The molecule has 1 unspecified atom stereocenters. The quantitative estimate of drug-likeness (QED) is 0.763. The third-order valence-electron chi connectivity index (χ3n) is 3.56. The first kappa shape index (κ1) is 9.43. The third-order valence-corrected chi connectivity index (χ3v) is 3.56. The van der Waals surface area contributed by atoms with Gasteiger partial charge in [0.2, 0.25) is 0 Å². The molecule has 3 heteroatoms. The Bertz CT molecular complexity index is 328. The molecule has 1 fully saturated rings. The van der Waals surface area contributed by atoms with Crippen LogP contribution in [0.15, 0.2) is 16.7 Å². The Kier molecular flexibility index (Phi) is 2.51. The largest absolute Gasteiger partial charge is 0.467 e. The molecule has 1 saturated heterocycles. The Morgan fingerprint density at radius 2 is 2.13 bits per heavy atom. The number of ether oxygens (including phenoxy) is 1. The minimum atomic E-state index is 0.424. The van der Waals surface area contributed by atoms with Gasteiger partial charge in [-0.15, -0.1) is 0 Å². The number of rotatable bonds is 1. The lowest BCUT2D eigenvalue weighted by Gasteiger charge is -2.32. The molecule has 15 heavy (non-hydrogen) atoms. The van der Waals surface area contributed by atoms with E-state index in [1.54, 1.807) is 0 Å². The Hall–Kier alpha value is -0.800. The smallest absolute Gasteiger partial charge is 0.124 e. The van der Waals surface area contributed by atoms with Crippen LogP contribution in [0.1, 0.15) is 30.2 Å². The number of fused-ring (bicyclic) bond motifs is 1. The summed E-state index contributed by atoms with van der Waals surface area (Å²) in [5.41, 5.74) is 1.39. The van der Waals surface area contributed by atoms with E-state index in [0.29, 0.717) is 12.0 Å². The Morgan fingerprint density at radius 3 is 3.00 bits per heavy atom. The maximum Gasteiger partial charge on any atom is 0.124 e. The fourth-order valence-corrected chi connectivity index (χ4v) is 2.71. The van der Waals surface area contributed by atoms with Crippen molar-refractivity contribution in [2.45, 2.75) is 25.3 Å². The van der Waals surface area contributed by atoms with Crippen LogP contribution in [0, 0.1) is 5.92 Å². The summed E-state index contributed by atoms with van der Waals surface area (Å²) in [6.07, 6.45) is 5.23. The fraction of sp³-hybridized carbons (Fsp3) is 0.667. The van der Waals surface area contributed by atoms with Gasteiger partial charge in [-0.25, -0.2) is 0 Å². The lowest BCUT2D eigenvalue weighted by molar-refractivity contribution is 0.0495. The molecule has 0 amide bonds. The van der Waals surface area contributed by atoms with Gasteiger partial charge >= 0.3 is 0 Å². The maximum atomic E-state index is 5.62. The summed E-state index contributed by atoms with van der Waals surface area (Å²) in [6, 6.07) is 2.54. The summed E-state index contributed by atoms with van der Waals surface area (Å²) < 4.78 is 11.0. The lowest BCUT2D eigenvalue weighted by Crippen LogP contribution is -2.36. The molecule has 0 radical (unpaired) electrons. The predicted molar refractivity (Wildman–Crippen MR) is 56.7 cm³/mol. The molecule has 0 saturated carbocycles. The first-order valence-electron chi connectivity index (χ1n) is 5.82. The average Bonchev–Trinajstić information content (AvgIpc) is 2.78. The summed E-state index contributed by atoms with van der Waals surface area (Å²) in [5, 5.41) is 3.58. The summed E-state index contributed by atoms with van der Waals surface area (Å²) in [4.78, 5) is 0. The van der Waals surface area contributed by atoms with E-state index in [1.165, 1.54) is 11.3 Å². The molecule has 3 nitrogen and oxygen atoms in total. The van der Waals surface area contributed by atoms with Gasteiger partial charge in [0.05, 0.1) is 12.3 Å². The zero-order valence-corrected chi connectivity index (χ0v) is 8.87. The van der Waals surface area contributed by atoms with Crippen molar-refractivity contribution in [1.29, 1.82) is 0 Å². The molecular formula is C12H17NO2. The molecule has 2 aliphatic heterocycles. The van der Waals surface area contributed by atoms with Crippen LogP contribution in [0.4, 0.5) is 0 Å². The average molecular weight is 207 g/mol. The van der Waals surface area contributed by atoms with E-state index in [1.807, 2.05) is 6.26 Å². The fourth-order valence-electron chi connectivity index (χ4n) is 2.71. The number of nitrogens with one attached hydrogen (secondary N) is 1. The summed E-state index contributed by atoms with van der Waals surface area (Å²) in [6.45, 7) is 2.88. The highest BCUT2D eigenvalue weighted by Gasteiger charge is 2.31. The van der Waals surface area contributed by atoms with Crippen LogP contribution in [0.2, 0.25) is 0 Å². The lowest BCUT2D eigenvalue weighted by atomic mass is 9.86. The molecule has 3 rings (SSSR count).